The van der Waals surface area contributed by atoms with E-state index in [0.717, 1.165) is 37.3 Å². The molecule has 128 valence electrons. The van der Waals surface area contributed by atoms with Gasteiger partial charge in [-0.1, -0.05) is 17.4 Å². The predicted octanol–water partition coefficient (Wildman–Crippen LogP) is 1.46. The monoisotopic (exact) mass is 348 g/mol. The summed E-state index contributed by atoms with van der Waals surface area (Å²) in [5.74, 6) is 1.35. The molecule has 0 aliphatic carbocycles. The third-order valence-electron chi connectivity index (χ3n) is 4.04. The van der Waals surface area contributed by atoms with E-state index < -0.39 is 0 Å². The van der Waals surface area contributed by atoms with E-state index in [1.165, 1.54) is 11.3 Å². The van der Waals surface area contributed by atoms with Crippen LogP contribution in [-0.4, -0.2) is 46.0 Å². The lowest BCUT2D eigenvalue weighted by Gasteiger charge is -2.32. The summed E-state index contributed by atoms with van der Waals surface area (Å²) in [6.45, 7) is 2.50. The van der Waals surface area contributed by atoms with Crippen LogP contribution in [0, 0.1) is 5.92 Å². The van der Waals surface area contributed by atoms with Crippen LogP contribution in [0.15, 0.2) is 23.8 Å². The molecule has 9 heteroatoms. The average Bonchev–Trinajstić information content (AvgIpc) is 3.13. The van der Waals surface area contributed by atoms with Gasteiger partial charge in [-0.15, -0.1) is 10.2 Å². The van der Waals surface area contributed by atoms with Crippen LogP contribution in [0.4, 0.5) is 15.7 Å². The Bertz CT molecular complexity index is 640. The Kier molecular flexibility index (Phi) is 5.55. The maximum absolute atomic E-state index is 11.7. The molecule has 3 heterocycles. The van der Waals surface area contributed by atoms with Gasteiger partial charge in [0.1, 0.15) is 11.3 Å². The van der Waals surface area contributed by atoms with E-state index in [-0.39, 0.29) is 12.6 Å². The van der Waals surface area contributed by atoms with Crippen molar-refractivity contribution < 1.29 is 9.90 Å². The molecule has 0 bridgehead atoms. The third-order valence-corrected chi connectivity index (χ3v) is 4.65. The van der Waals surface area contributed by atoms with E-state index in [4.69, 9.17) is 0 Å². The Morgan fingerprint density at radius 3 is 2.83 bits per heavy atom. The summed E-state index contributed by atoms with van der Waals surface area (Å²) >= 11 is 1.26. The molecular weight excluding hydrogens is 328 g/mol. The number of nitrogens with one attached hydrogen (secondary N) is 2. The number of urea groups is 1. The second-order valence-corrected chi connectivity index (χ2v) is 6.52. The molecule has 2 amide bonds. The van der Waals surface area contributed by atoms with Crippen LogP contribution in [0.2, 0.25) is 0 Å². The second kappa shape index (κ2) is 8.02. The first-order chi connectivity index (χ1) is 11.7. The molecule has 1 aliphatic rings. The van der Waals surface area contributed by atoms with Gasteiger partial charge in [-0.25, -0.2) is 9.78 Å². The van der Waals surface area contributed by atoms with E-state index in [9.17, 15) is 9.90 Å². The van der Waals surface area contributed by atoms with Gasteiger partial charge >= 0.3 is 6.03 Å². The zero-order valence-electron chi connectivity index (χ0n) is 13.2. The van der Waals surface area contributed by atoms with Crippen molar-refractivity contribution in [1.82, 2.24) is 20.5 Å². The normalized spacial score (nSPS) is 15.3. The number of amides is 2. The van der Waals surface area contributed by atoms with Gasteiger partial charge in [0.15, 0.2) is 0 Å². The molecule has 8 nitrogen and oxygen atoms in total. The second-order valence-electron chi connectivity index (χ2n) is 5.69. The maximum Gasteiger partial charge on any atom is 0.321 e. The summed E-state index contributed by atoms with van der Waals surface area (Å²) < 4.78 is 0. The highest BCUT2D eigenvalue weighted by Gasteiger charge is 2.19. The van der Waals surface area contributed by atoms with Crippen molar-refractivity contribution in [3.8, 4) is 0 Å². The van der Waals surface area contributed by atoms with Crippen molar-refractivity contribution in [2.45, 2.75) is 19.4 Å². The Morgan fingerprint density at radius 2 is 2.21 bits per heavy atom. The molecule has 24 heavy (non-hydrogen) atoms. The summed E-state index contributed by atoms with van der Waals surface area (Å²) in [7, 11) is 0. The molecule has 0 atom stereocenters. The number of nitrogens with zero attached hydrogens (tertiary/aromatic N) is 4. The van der Waals surface area contributed by atoms with Gasteiger partial charge in [-0.3, -0.25) is 5.32 Å². The SMILES string of the molecule is O=C(NCc1ccc(N2CCC(CO)CC2)nc1)Nc1nncs1. The summed E-state index contributed by atoms with van der Waals surface area (Å²) in [5, 5.41) is 22.4. The first-order valence-corrected chi connectivity index (χ1v) is 8.74. The molecule has 0 saturated carbocycles. The largest absolute Gasteiger partial charge is 0.396 e. The molecule has 0 unspecified atom stereocenters. The minimum atomic E-state index is -0.318. The quantitative estimate of drug-likeness (QED) is 0.756. The van der Waals surface area contributed by atoms with Gasteiger partial charge in [0.05, 0.1) is 0 Å². The standard InChI is InChI=1S/C15H20N6O2S/c22-9-11-3-5-21(6-4-11)13-2-1-12(7-16-13)8-17-14(23)19-15-20-18-10-24-15/h1-2,7,10-11,22H,3-6,8-9H2,(H2,17,19,20,23). The molecule has 1 saturated heterocycles. The van der Waals surface area contributed by atoms with Crippen LogP contribution in [-0.2, 0) is 6.54 Å². The van der Waals surface area contributed by atoms with Crippen LogP contribution in [0.1, 0.15) is 18.4 Å². The lowest BCUT2D eigenvalue weighted by Crippen LogP contribution is -2.35. The minimum Gasteiger partial charge on any atom is -0.396 e. The van der Waals surface area contributed by atoms with Crippen LogP contribution < -0.4 is 15.5 Å². The van der Waals surface area contributed by atoms with Crippen molar-refractivity contribution in [1.29, 1.82) is 0 Å². The molecule has 0 radical (unpaired) electrons. The van der Waals surface area contributed by atoms with E-state index in [1.54, 1.807) is 11.7 Å². The predicted molar refractivity (Wildman–Crippen MR) is 92.0 cm³/mol. The Hall–Kier alpha value is -2.26. The molecule has 2 aromatic heterocycles. The first kappa shape index (κ1) is 16.6. The van der Waals surface area contributed by atoms with Crippen LogP contribution in [0.3, 0.4) is 0 Å². The van der Waals surface area contributed by atoms with Gasteiger partial charge in [0.25, 0.3) is 0 Å². The number of carbonyl (C=O) groups excluding carboxylic acids is 1. The molecule has 1 fully saturated rings. The molecule has 1 aliphatic heterocycles. The van der Waals surface area contributed by atoms with Crippen molar-refractivity contribution in [2.75, 3.05) is 29.9 Å². The van der Waals surface area contributed by atoms with E-state index >= 15 is 0 Å². The van der Waals surface area contributed by atoms with Gasteiger partial charge in [0, 0.05) is 32.4 Å². The number of hydrogen-bond donors (Lipinski definition) is 3. The Balaban J connectivity index is 1.47. The van der Waals surface area contributed by atoms with Gasteiger partial charge in [-0.2, -0.15) is 0 Å². The minimum absolute atomic E-state index is 0.269. The molecule has 3 N–H and O–H groups in total. The Morgan fingerprint density at radius 1 is 1.38 bits per heavy atom. The zero-order valence-corrected chi connectivity index (χ0v) is 14.0. The number of rotatable bonds is 5. The van der Waals surface area contributed by atoms with Gasteiger partial charge < -0.3 is 15.3 Å². The first-order valence-electron chi connectivity index (χ1n) is 7.86. The van der Waals surface area contributed by atoms with Crippen LogP contribution in [0.25, 0.3) is 0 Å². The summed E-state index contributed by atoms with van der Waals surface area (Å²) in [5.41, 5.74) is 2.48. The molecule has 2 aromatic rings. The van der Waals surface area contributed by atoms with E-state index in [1.807, 2.05) is 12.1 Å². The topological polar surface area (TPSA) is 103 Å². The zero-order chi connectivity index (χ0) is 16.8. The highest BCUT2D eigenvalue weighted by Crippen LogP contribution is 2.21. The number of pyridine rings is 1. The number of anilines is 2. The van der Waals surface area contributed by atoms with Crippen molar-refractivity contribution in [3.63, 3.8) is 0 Å². The van der Waals surface area contributed by atoms with Crippen LogP contribution in [0.5, 0.6) is 0 Å². The Labute approximate surface area is 143 Å². The number of carbonyl (C=O) groups is 1. The van der Waals surface area contributed by atoms with Crippen molar-refractivity contribution in [3.05, 3.63) is 29.4 Å². The highest BCUT2D eigenvalue weighted by atomic mass is 32.1. The van der Waals surface area contributed by atoms with Crippen LogP contribution >= 0.6 is 11.3 Å². The van der Waals surface area contributed by atoms with Crippen molar-refractivity contribution in [2.24, 2.45) is 5.92 Å². The lowest BCUT2D eigenvalue weighted by atomic mass is 9.98. The summed E-state index contributed by atoms with van der Waals surface area (Å²) in [4.78, 5) is 18.4. The smallest absolute Gasteiger partial charge is 0.321 e. The molecule has 0 aromatic carbocycles. The highest BCUT2D eigenvalue weighted by molar-refractivity contribution is 7.13. The van der Waals surface area contributed by atoms with E-state index in [2.05, 4.69) is 30.7 Å². The average molecular weight is 348 g/mol. The fraction of sp³-hybridized carbons (Fsp3) is 0.467. The van der Waals surface area contributed by atoms with Gasteiger partial charge in [-0.05, 0) is 30.4 Å². The maximum atomic E-state index is 11.7. The summed E-state index contributed by atoms with van der Waals surface area (Å²) in [6, 6.07) is 3.62. The third kappa shape index (κ3) is 4.39. The number of piperidine rings is 1. The lowest BCUT2D eigenvalue weighted by molar-refractivity contribution is 0.203. The molecule has 3 rings (SSSR count). The summed E-state index contributed by atoms with van der Waals surface area (Å²) in [6.07, 6.45) is 3.76. The number of aromatic nitrogens is 3. The number of hydrogen-bond acceptors (Lipinski definition) is 7. The van der Waals surface area contributed by atoms with Gasteiger partial charge in [0.2, 0.25) is 5.13 Å². The fourth-order valence-electron chi connectivity index (χ4n) is 2.60. The number of aliphatic hydroxyl groups excluding tert-OH is 1. The number of aliphatic hydroxyl groups is 1. The fourth-order valence-corrected chi connectivity index (χ4v) is 3.04. The molecule has 0 spiro atoms. The molecular formula is C15H20N6O2S. The van der Waals surface area contributed by atoms with Crippen molar-refractivity contribution >= 4 is 28.3 Å². The van der Waals surface area contributed by atoms with E-state index in [0.29, 0.717) is 17.6 Å².